The predicted molar refractivity (Wildman–Crippen MR) is 55.0 cm³/mol. The summed E-state index contributed by atoms with van der Waals surface area (Å²) in [6.45, 7) is -0.510. The van der Waals surface area contributed by atoms with Gasteiger partial charge in [-0.05, 0) is 12.1 Å². The van der Waals surface area contributed by atoms with E-state index in [-0.39, 0.29) is 6.07 Å². The van der Waals surface area contributed by atoms with Gasteiger partial charge < -0.3 is 14.2 Å². The third-order valence-electron chi connectivity index (χ3n) is 1.55. The lowest BCUT2D eigenvalue weighted by Gasteiger charge is -2.05. The number of benzene rings is 1. The average Bonchev–Trinajstić information content (AvgIpc) is 2.30. The maximum atomic E-state index is 11.3. The second-order valence-electron chi connectivity index (χ2n) is 2.56. The van der Waals surface area contributed by atoms with E-state index in [4.69, 9.17) is 11.6 Å². The van der Waals surface area contributed by atoms with Crippen molar-refractivity contribution in [2.24, 2.45) is 0 Å². The van der Waals surface area contributed by atoms with E-state index >= 15 is 0 Å². The first-order valence-corrected chi connectivity index (χ1v) is 4.85. The average molecular weight is 245 g/mol. The summed E-state index contributed by atoms with van der Waals surface area (Å²) in [5.74, 6) is -0.584. The molecule has 0 spiro atoms. The normalized spacial score (nSPS) is 9.31. The number of alkyl halides is 1. The van der Waals surface area contributed by atoms with Crippen LogP contribution in [0.4, 0.5) is 4.79 Å². The molecule has 0 amide bonds. The molecule has 1 rings (SSSR count). The standard InChI is InChI=1S/C10H9ClO5/c11-6-14-10(13)16-7-15-9(12)8-4-2-1-3-5-8/h1-5H,6-7H2. The lowest BCUT2D eigenvalue weighted by Crippen LogP contribution is -2.13. The molecular weight excluding hydrogens is 236 g/mol. The third-order valence-corrected chi connectivity index (χ3v) is 1.66. The Morgan fingerprint density at radius 3 is 2.38 bits per heavy atom. The molecule has 0 saturated heterocycles. The van der Waals surface area contributed by atoms with Crippen LogP contribution in [-0.4, -0.2) is 25.0 Å². The van der Waals surface area contributed by atoms with Gasteiger partial charge in [0, 0.05) is 0 Å². The van der Waals surface area contributed by atoms with Gasteiger partial charge in [-0.15, -0.1) is 0 Å². The molecule has 16 heavy (non-hydrogen) atoms. The molecule has 86 valence electrons. The highest BCUT2D eigenvalue weighted by molar-refractivity contribution is 6.17. The van der Waals surface area contributed by atoms with E-state index in [0.29, 0.717) is 5.56 Å². The SMILES string of the molecule is O=C(OCCl)OCOC(=O)c1ccccc1. The van der Waals surface area contributed by atoms with E-state index in [1.165, 1.54) is 0 Å². The van der Waals surface area contributed by atoms with Gasteiger partial charge in [-0.25, -0.2) is 9.59 Å². The van der Waals surface area contributed by atoms with Crippen molar-refractivity contribution < 1.29 is 23.8 Å². The molecule has 0 aliphatic rings. The molecule has 0 saturated carbocycles. The molecule has 0 radical (unpaired) electrons. The van der Waals surface area contributed by atoms with Gasteiger partial charge >= 0.3 is 12.1 Å². The number of rotatable bonds is 4. The second-order valence-corrected chi connectivity index (χ2v) is 2.78. The van der Waals surface area contributed by atoms with Gasteiger partial charge in [0.1, 0.15) is 0 Å². The highest BCUT2D eigenvalue weighted by Crippen LogP contribution is 2.01. The first-order valence-electron chi connectivity index (χ1n) is 4.31. The minimum Gasteiger partial charge on any atom is -0.424 e. The maximum Gasteiger partial charge on any atom is 0.512 e. The van der Waals surface area contributed by atoms with E-state index in [0.717, 1.165) is 0 Å². The van der Waals surface area contributed by atoms with Gasteiger partial charge in [0.15, 0.2) is 6.07 Å². The van der Waals surface area contributed by atoms with E-state index in [9.17, 15) is 9.59 Å². The van der Waals surface area contributed by atoms with Gasteiger partial charge in [0.05, 0.1) is 5.56 Å². The zero-order valence-electron chi connectivity index (χ0n) is 8.22. The number of hydrogen-bond acceptors (Lipinski definition) is 5. The van der Waals surface area contributed by atoms with Gasteiger partial charge in [-0.2, -0.15) is 0 Å². The van der Waals surface area contributed by atoms with Crippen LogP contribution >= 0.6 is 11.6 Å². The van der Waals surface area contributed by atoms with Crippen LogP contribution in [0.1, 0.15) is 10.4 Å². The Morgan fingerprint density at radius 1 is 1.06 bits per heavy atom. The minimum absolute atomic E-state index is 0.314. The van der Waals surface area contributed by atoms with Crippen molar-refractivity contribution in [3.05, 3.63) is 35.9 Å². The number of carbonyl (C=O) groups is 2. The Bertz CT molecular complexity index is 351. The summed E-state index contributed by atoms with van der Waals surface area (Å²) in [6, 6.07) is 8.01. The molecule has 0 aromatic heterocycles. The Kier molecular flexibility index (Phi) is 5.15. The molecule has 0 fully saturated rings. The third kappa shape index (κ3) is 4.18. The zero-order valence-corrected chi connectivity index (χ0v) is 8.98. The molecule has 0 aliphatic heterocycles. The van der Waals surface area contributed by atoms with Crippen molar-refractivity contribution in [3.63, 3.8) is 0 Å². The summed E-state index contributed by atoms with van der Waals surface area (Å²) in [4.78, 5) is 21.9. The fraction of sp³-hybridized carbons (Fsp3) is 0.200. The molecule has 5 nitrogen and oxygen atoms in total. The molecule has 0 atom stereocenters. The summed E-state index contributed by atoms with van der Waals surface area (Å²) in [6.07, 6.45) is -0.990. The van der Waals surface area contributed by atoms with Gasteiger partial charge in [0.25, 0.3) is 0 Å². The quantitative estimate of drug-likeness (QED) is 0.461. The van der Waals surface area contributed by atoms with Crippen molar-refractivity contribution in [2.45, 2.75) is 0 Å². The molecule has 0 N–H and O–H groups in total. The van der Waals surface area contributed by atoms with Crippen molar-refractivity contribution in [2.75, 3.05) is 12.9 Å². The van der Waals surface area contributed by atoms with E-state index in [1.54, 1.807) is 30.3 Å². The first-order chi connectivity index (χ1) is 7.74. The van der Waals surface area contributed by atoms with Gasteiger partial charge in [0.2, 0.25) is 6.79 Å². The number of halogens is 1. The number of ether oxygens (including phenoxy) is 3. The Balaban J connectivity index is 2.29. The Labute approximate surface area is 96.9 Å². The molecule has 1 aromatic carbocycles. The van der Waals surface area contributed by atoms with Crippen molar-refractivity contribution in [3.8, 4) is 0 Å². The fourth-order valence-electron chi connectivity index (χ4n) is 0.875. The molecule has 0 aliphatic carbocycles. The molecule has 6 heteroatoms. The van der Waals surface area contributed by atoms with Crippen LogP contribution in [0.5, 0.6) is 0 Å². The maximum absolute atomic E-state index is 11.3. The Hall–Kier alpha value is -1.75. The number of esters is 1. The lowest BCUT2D eigenvalue weighted by molar-refractivity contribution is -0.0235. The van der Waals surface area contributed by atoms with Crippen LogP contribution < -0.4 is 0 Å². The molecule has 0 unspecified atom stereocenters. The molecule has 1 aromatic rings. The summed E-state index contributed by atoms with van der Waals surface area (Å²) >= 11 is 5.10. The number of hydrogen-bond donors (Lipinski definition) is 0. The minimum atomic E-state index is -0.990. The topological polar surface area (TPSA) is 61.8 Å². The highest BCUT2D eigenvalue weighted by Gasteiger charge is 2.08. The van der Waals surface area contributed by atoms with Crippen LogP contribution in [0.3, 0.4) is 0 Å². The van der Waals surface area contributed by atoms with Crippen molar-refractivity contribution >= 4 is 23.7 Å². The summed E-state index contributed by atoms with van der Waals surface area (Å²) in [5.41, 5.74) is 0.372. The van der Waals surface area contributed by atoms with Crippen LogP contribution in [0.25, 0.3) is 0 Å². The summed E-state index contributed by atoms with van der Waals surface area (Å²) in [7, 11) is 0. The molecule has 0 bridgehead atoms. The second kappa shape index (κ2) is 6.68. The van der Waals surface area contributed by atoms with Gasteiger partial charge in [-0.3, -0.25) is 0 Å². The van der Waals surface area contributed by atoms with Gasteiger partial charge in [-0.1, -0.05) is 29.8 Å². The lowest BCUT2D eigenvalue weighted by atomic mass is 10.2. The smallest absolute Gasteiger partial charge is 0.424 e. The monoisotopic (exact) mass is 244 g/mol. The summed E-state index contributed by atoms with van der Waals surface area (Å²) < 4.78 is 13.3. The van der Waals surface area contributed by atoms with Crippen molar-refractivity contribution in [1.82, 2.24) is 0 Å². The van der Waals surface area contributed by atoms with E-state index in [2.05, 4.69) is 14.2 Å². The fourth-order valence-corrected chi connectivity index (χ4v) is 0.964. The Morgan fingerprint density at radius 2 is 1.75 bits per heavy atom. The zero-order chi connectivity index (χ0) is 11.8. The van der Waals surface area contributed by atoms with Crippen molar-refractivity contribution in [1.29, 1.82) is 0 Å². The van der Waals surface area contributed by atoms with Crippen LogP contribution in [0.15, 0.2) is 30.3 Å². The highest BCUT2D eigenvalue weighted by atomic mass is 35.5. The van der Waals surface area contributed by atoms with Crippen LogP contribution in [0.2, 0.25) is 0 Å². The van der Waals surface area contributed by atoms with Crippen LogP contribution in [0, 0.1) is 0 Å². The number of carbonyl (C=O) groups excluding carboxylic acids is 2. The van der Waals surface area contributed by atoms with Crippen LogP contribution in [-0.2, 0) is 14.2 Å². The summed E-state index contributed by atoms with van der Waals surface area (Å²) in [5, 5.41) is 0. The van der Waals surface area contributed by atoms with E-state index in [1.807, 2.05) is 0 Å². The predicted octanol–water partition coefficient (Wildman–Crippen LogP) is 2.15. The first kappa shape index (κ1) is 12.3. The molecular formula is C10H9ClO5. The van der Waals surface area contributed by atoms with E-state index < -0.39 is 18.9 Å². The molecule has 0 heterocycles. The largest absolute Gasteiger partial charge is 0.512 e.